The summed E-state index contributed by atoms with van der Waals surface area (Å²) in [6.45, 7) is 6.53. The van der Waals surface area contributed by atoms with Crippen molar-refractivity contribution in [3.63, 3.8) is 0 Å². The van der Waals surface area contributed by atoms with E-state index in [0.29, 0.717) is 30.4 Å². The van der Waals surface area contributed by atoms with E-state index in [4.69, 9.17) is 4.74 Å². The lowest BCUT2D eigenvalue weighted by molar-refractivity contribution is -0.0564. The average molecular weight is 394 g/mol. The Bertz CT molecular complexity index is 1120. The van der Waals surface area contributed by atoms with Crippen LogP contribution in [-0.2, 0) is 23.4 Å². The number of hydrogen-bond acceptors (Lipinski definition) is 6. The summed E-state index contributed by atoms with van der Waals surface area (Å²) >= 11 is 0. The molecule has 150 valence electrons. The number of nitrogens with zero attached hydrogens (tertiary/aromatic N) is 5. The van der Waals surface area contributed by atoms with E-state index in [9.17, 15) is 9.59 Å². The molecular weight excluding hydrogens is 372 g/mol. The predicted octanol–water partition coefficient (Wildman–Crippen LogP) is 1.33. The minimum absolute atomic E-state index is 0.0629. The molecule has 1 N–H and O–H groups in total. The number of ether oxygens (including phenoxy) is 1. The molecule has 9 heteroatoms. The van der Waals surface area contributed by atoms with Crippen LogP contribution >= 0.6 is 0 Å². The van der Waals surface area contributed by atoms with Crippen molar-refractivity contribution in [3.8, 4) is 5.69 Å². The zero-order valence-electron chi connectivity index (χ0n) is 16.5. The van der Waals surface area contributed by atoms with Gasteiger partial charge in [-0.25, -0.2) is 4.98 Å². The third kappa shape index (κ3) is 3.68. The molecule has 1 amide bonds. The van der Waals surface area contributed by atoms with Gasteiger partial charge in [0.25, 0.3) is 11.5 Å². The second kappa shape index (κ2) is 7.25. The van der Waals surface area contributed by atoms with Crippen LogP contribution in [0.15, 0.2) is 41.2 Å². The molecule has 3 heterocycles. The van der Waals surface area contributed by atoms with E-state index < -0.39 is 11.5 Å². The smallest absolute Gasteiger partial charge is 0.270 e. The van der Waals surface area contributed by atoms with E-state index in [1.807, 2.05) is 51.1 Å². The number of aromatic nitrogens is 5. The molecule has 0 fully saturated rings. The number of hydrogen-bond donors (Lipinski definition) is 1. The van der Waals surface area contributed by atoms with Crippen molar-refractivity contribution < 1.29 is 9.53 Å². The van der Waals surface area contributed by atoms with Crippen molar-refractivity contribution in [2.24, 2.45) is 0 Å². The first kappa shape index (κ1) is 19.0. The Labute approximate surface area is 167 Å². The quantitative estimate of drug-likeness (QED) is 0.716. The maximum absolute atomic E-state index is 12.6. The molecule has 29 heavy (non-hydrogen) atoms. The topological polar surface area (TPSA) is 104 Å². The first-order valence-corrected chi connectivity index (χ1v) is 9.38. The van der Waals surface area contributed by atoms with Crippen molar-refractivity contribution in [1.29, 1.82) is 0 Å². The highest BCUT2D eigenvalue weighted by molar-refractivity contribution is 5.92. The Kier molecular flexibility index (Phi) is 4.75. The number of carbonyl (C=O) groups is 1. The molecule has 2 aromatic heterocycles. The van der Waals surface area contributed by atoms with Crippen molar-refractivity contribution in [2.45, 2.75) is 39.5 Å². The Morgan fingerprint density at radius 3 is 2.76 bits per heavy atom. The molecule has 1 aliphatic heterocycles. The molecule has 4 rings (SSSR count). The van der Waals surface area contributed by atoms with Gasteiger partial charge < -0.3 is 10.1 Å². The van der Waals surface area contributed by atoms with E-state index in [1.54, 1.807) is 4.57 Å². The first-order chi connectivity index (χ1) is 13.8. The molecule has 9 nitrogen and oxygen atoms in total. The Morgan fingerprint density at radius 1 is 1.24 bits per heavy atom. The van der Waals surface area contributed by atoms with Crippen LogP contribution in [0.4, 0.5) is 0 Å². The lowest BCUT2D eigenvalue weighted by Gasteiger charge is -2.32. The van der Waals surface area contributed by atoms with Crippen LogP contribution in [0.5, 0.6) is 0 Å². The molecule has 1 aliphatic rings. The lowest BCUT2D eigenvalue weighted by Crippen LogP contribution is -2.42. The van der Waals surface area contributed by atoms with E-state index in [2.05, 4.69) is 20.5 Å². The summed E-state index contributed by atoms with van der Waals surface area (Å²) in [6, 6.07) is 10.8. The van der Waals surface area contributed by atoms with Gasteiger partial charge in [-0.3, -0.25) is 14.2 Å². The van der Waals surface area contributed by atoms with Crippen LogP contribution in [0.3, 0.4) is 0 Å². The molecule has 0 saturated heterocycles. The van der Waals surface area contributed by atoms with Crippen LogP contribution in [0.25, 0.3) is 5.69 Å². The fourth-order valence-electron chi connectivity index (χ4n) is 3.26. The highest BCUT2D eigenvalue weighted by Gasteiger charge is 2.32. The lowest BCUT2D eigenvalue weighted by atomic mass is 10.1. The van der Waals surface area contributed by atoms with Gasteiger partial charge in [0.05, 0.1) is 31.1 Å². The number of carbonyl (C=O) groups excluding carboxylic acids is 1. The monoisotopic (exact) mass is 394 g/mol. The Balaban J connectivity index is 1.53. The summed E-state index contributed by atoms with van der Waals surface area (Å²) in [4.78, 5) is 31.0. The van der Waals surface area contributed by atoms with Gasteiger partial charge in [-0.1, -0.05) is 18.2 Å². The summed E-state index contributed by atoms with van der Waals surface area (Å²) in [5.41, 5.74) is 1.25. The van der Waals surface area contributed by atoms with Gasteiger partial charge in [0.15, 0.2) is 0 Å². The minimum Gasteiger partial charge on any atom is -0.366 e. The number of rotatable bonds is 4. The molecule has 1 aromatic carbocycles. The second-order valence-electron chi connectivity index (χ2n) is 7.35. The van der Waals surface area contributed by atoms with Crippen molar-refractivity contribution in [2.75, 3.05) is 6.61 Å². The summed E-state index contributed by atoms with van der Waals surface area (Å²) in [5, 5.41) is 11.6. The van der Waals surface area contributed by atoms with Crippen LogP contribution in [0.2, 0.25) is 0 Å². The molecule has 0 saturated carbocycles. The van der Waals surface area contributed by atoms with Gasteiger partial charge in [-0.15, -0.1) is 0 Å². The number of benzene rings is 1. The van der Waals surface area contributed by atoms with E-state index in [1.165, 1.54) is 10.9 Å². The van der Waals surface area contributed by atoms with Crippen LogP contribution < -0.4 is 10.9 Å². The van der Waals surface area contributed by atoms with Gasteiger partial charge >= 0.3 is 0 Å². The summed E-state index contributed by atoms with van der Waals surface area (Å²) < 4.78 is 7.25. The highest BCUT2D eigenvalue weighted by atomic mass is 16.5. The third-order valence-electron chi connectivity index (χ3n) is 4.84. The van der Waals surface area contributed by atoms with Gasteiger partial charge in [-0.05, 0) is 32.9 Å². The van der Waals surface area contributed by atoms with Gasteiger partial charge in [0.1, 0.15) is 22.8 Å². The van der Waals surface area contributed by atoms with Crippen LogP contribution in [0.1, 0.15) is 41.5 Å². The highest BCUT2D eigenvalue weighted by Crippen LogP contribution is 2.25. The van der Waals surface area contributed by atoms with Crippen molar-refractivity contribution in [1.82, 2.24) is 29.9 Å². The molecule has 0 aliphatic carbocycles. The average Bonchev–Trinajstić information content (AvgIpc) is 3.08. The van der Waals surface area contributed by atoms with E-state index in [-0.39, 0.29) is 17.8 Å². The summed E-state index contributed by atoms with van der Waals surface area (Å²) in [7, 11) is 0. The summed E-state index contributed by atoms with van der Waals surface area (Å²) in [5.74, 6) is 0.00753. The number of fused-ring (bicyclic) bond motifs is 1. The molecule has 0 unspecified atom stereocenters. The Hall–Kier alpha value is -3.33. The summed E-state index contributed by atoms with van der Waals surface area (Å²) in [6.07, 6.45) is 0. The van der Waals surface area contributed by atoms with Crippen LogP contribution in [-0.4, -0.2) is 37.1 Å². The zero-order chi connectivity index (χ0) is 20.6. The van der Waals surface area contributed by atoms with Gasteiger partial charge in [-0.2, -0.15) is 15.0 Å². The van der Waals surface area contributed by atoms with Gasteiger partial charge in [0, 0.05) is 6.07 Å². The molecule has 0 spiro atoms. The van der Waals surface area contributed by atoms with E-state index in [0.717, 1.165) is 5.69 Å². The maximum atomic E-state index is 12.6. The number of aryl methyl sites for hydroxylation is 1. The molecule has 0 bridgehead atoms. The van der Waals surface area contributed by atoms with Crippen molar-refractivity contribution >= 4 is 5.91 Å². The minimum atomic E-state index is -0.733. The fraction of sp³-hybridized carbons (Fsp3) is 0.350. The number of amides is 1. The predicted molar refractivity (Wildman–Crippen MR) is 105 cm³/mol. The molecule has 0 radical (unpaired) electrons. The molecular formula is C20H22N6O3. The largest absolute Gasteiger partial charge is 0.366 e. The standard InChI is InChI=1S/C20H22N6O3/c1-13-16(24-26(23-13)14-7-5-4-6-8-14)12-21-18(28)15-11-17(27)25-9-10-29-20(2,3)19(25)22-15/h4-8,11H,9-10,12H2,1-3H3,(H,21,28). The second-order valence-corrected chi connectivity index (χ2v) is 7.35. The Morgan fingerprint density at radius 2 is 2.00 bits per heavy atom. The molecule has 0 atom stereocenters. The number of nitrogens with one attached hydrogen (secondary N) is 1. The normalized spacial score (nSPS) is 15.0. The van der Waals surface area contributed by atoms with E-state index >= 15 is 0 Å². The first-order valence-electron chi connectivity index (χ1n) is 9.38. The SMILES string of the molecule is Cc1nn(-c2ccccc2)nc1CNC(=O)c1cc(=O)n2c(n1)C(C)(C)OCC2. The zero-order valence-corrected chi connectivity index (χ0v) is 16.5. The maximum Gasteiger partial charge on any atom is 0.270 e. The van der Waals surface area contributed by atoms with Gasteiger partial charge in [0.2, 0.25) is 0 Å². The van der Waals surface area contributed by atoms with Crippen molar-refractivity contribution in [3.05, 3.63) is 69.7 Å². The molecule has 3 aromatic rings. The third-order valence-corrected chi connectivity index (χ3v) is 4.84. The number of para-hydroxylation sites is 1. The van der Waals surface area contributed by atoms with Crippen LogP contribution in [0, 0.1) is 6.92 Å². The fourth-order valence-corrected chi connectivity index (χ4v) is 3.26.